The molecule has 0 aromatic carbocycles. The predicted molar refractivity (Wildman–Crippen MR) is 49.2 cm³/mol. The number of piperidine rings is 1. The van der Waals surface area contributed by atoms with Crippen LogP contribution in [0.5, 0.6) is 0 Å². The smallest absolute Gasteiger partial charge is 0.300 e. The summed E-state index contributed by atoms with van der Waals surface area (Å²) < 4.78 is 0. The molecule has 13 heavy (non-hydrogen) atoms. The first-order valence-corrected chi connectivity index (χ1v) is 4.45. The number of carboxylic acid groups (broad SMARTS) is 1. The third kappa shape index (κ3) is 8.83. The third-order valence-corrected chi connectivity index (χ3v) is 1.74. The fraction of sp³-hybridized carbons (Fsp3) is 0.778. The number of hydrogen-bond acceptors (Lipinski definition) is 3. The highest BCUT2D eigenvalue weighted by Gasteiger charge is 2.07. The third-order valence-electron chi connectivity index (χ3n) is 1.74. The maximum absolute atomic E-state index is 9.00. The van der Waals surface area contributed by atoms with Gasteiger partial charge < -0.3 is 5.11 Å². The first-order valence-electron chi connectivity index (χ1n) is 4.45. The first kappa shape index (κ1) is 11.9. The molecule has 0 amide bonds. The molecular formula is C9H16N2O2. The first-order chi connectivity index (χ1) is 6.16. The van der Waals surface area contributed by atoms with Crippen LogP contribution in [-0.4, -0.2) is 35.6 Å². The second-order valence-corrected chi connectivity index (χ2v) is 3.01. The summed E-state index contributed by atoms with van der Waals surface area (Å²) in [6.45, 7) is 3.97. The van der Waals surface area contributed by atoms with E-state index in [0.717, 1.165) is 20.0 Å². The van der Waals surface area contributed by atoms with E-state index in [4.69, 9.17) is 15.2 Å². The lowest BCUT2D eigenvalue weighted by molar-refractivity contribution is -0.134. The van der Waals surface area contributed by atoms with Gasteiger partial charge in [0.1, 0.15) is 0 Å². The molecule has 1 saturated heterocycles. The molecule has 0 radical (unpaired) electrons. The molecule has 1 rings (SSSR count). The van der Waals surface area contributed by atoms with Gasteiger partial charge in [0, 0.05) is 6.92 Å². The Morgan fingerprint density at radius 1 is 1.46 bits per heavy atom. The van der Waals surface area contributed by atoms with Gasteiger partial charge in [0.15, 0.2) is 0 Å². The van der Waals surface area contributed by atoms with E-state index in [2.05, 4.69) is 11.0 Å². The molecule has 0 unspecified atom stereocenters. The number of nitrogens with zero attached hydrogens (tertiary/aromatic N) is 2. The summed E-state index contributed by atoms with van der Waals surface area (Å²) in [5, 5.41) is 15.7. The van der Waals surface area contributed by atoms with Crippen molar-refractivity contribution in [2.45, 2.75) is 26.2 Å². The van der Waals surface area contributed by atoms with Gasteiger partial charge in [-0.1, -0.05) is 6.42 Å². The Morgan fingerprint density at radius 3 is 2.31 bits per heavy atom. The minimum absolute atomic E-state index is 0.625. The van der Waals surface area contributed by atoms with Crippen LogP contribution in [0.15, 0.2) is 0 Å². The number of hydrogen-bond donors (Lipinski definition) is 1. The Labute approximate surface area is 78.8 Å². The van der Waals surface area contributed by atoms with Gasteiger partial charge in [-0.15, -0.1) is 0 Å². The number of carboxylic acids is 1. The van der Waals surface area contributed by atoms with Crippen LogP contribution in [0, 0.1) is 11.3 Å². The van der Waals surface area contributed by atoms with E-state index in [1.807, 2.05) is 0 Å². The second-order valence-electron chi connectivity index (χ2n) is 3.01. The molecule has 74 valence electrons. The van der Waals surface area contributed by atoms with Crippen molar-refractivity contribution in [3.63, 3.8) is 0 Å². The molecule has 0 bridgehead atoms. The summed E-state index contributed by atoms with van der Waals surface area (Å²) in [4.78, 5) is 11.2. The molecule has 1 aliphatic rings. The van der Waals surface area contributed by atoms with E-state index in [0.29, 0.717) is 6.54 Å². The van der Waals surface area contributed by atoms with Gasteiger partial charge in [-0.05, 0) is 25.9 Å². The number of rotatable bonds is 1. The SMILES string of the molecule is CC(=O)O.N#CCN1CCCCC1. The van der Waals surface area contributed by atoms with Crippen molar-refractivity contribution in [3.8, 4) is 6.07 Å². The molecule has 0 aliphatic carbocycles. The van der Waals surface area contributed by atoms with Gasteiger partial charge in [-0.2, -0.15) is 5.26 Å². The van der Waals surface area contributed by atoms with Gasteiger partial charge in [-0.25, -0.2) is 0 Å². The van der Waals surface area contributed by atoms with Crippen molar-refractivity contribution < 1.29 is 9.90 Å². The monoisotopic (exact) mass is 184 g/mol. The van der Waals surface area contributed by atoms with Crippen LogP contribution in [-0.2, 0) is 4.79 Å². The summed E-state index contributed by atoms with van der Waals surface area (Å²) in [5.41, 5.74) is 0. The van der Waals surface area contributed by atoms with Gasteiger partial charge in [0.25, 0.3) is 5.97 Å². The molecule has 0 spiro atoms. The zero-order valence-corrected chi connectivity index (χ0v) is 7.99. The zero-order chi connectivity index (χ0) is 10.1. The topological polar surface area (TPSA) is 64.3 Å². The number of carbonyl (C=O) groups is 1. The molecule has 4 nitrogen and oxygen atoms in total. The summed E-state index contributed by atoms with van der Waals surface area (Å²) >= 11 is 0. The van der Waals surface area contributed by atoms with Crippen LogP contribution in [0.1, 0.15) is 26.2 Å². The van der Waals surface area contributed by atoms with E-state index in [1.54, 1.807) is 0 Å². The fourth-order valence-electron chi connectivity index (χ4n) is 1.22. The molecule has 0 aromatic heterocycles. The lowest BCUT2D eigenvalue weighted by Gasteiger charge is -2.22. The number of nitriles is 1. The van der Waals surface area contributed by atoms with Gasteiger partial charge in [-0.3, -0.25) is 9.69 Å². The maximum atomic E-state index is 9.00. The summed E-state index contributed by atoms with van der Waals surface area (Å²) in [5.74, 6) is -0.833. The van der Waals surface area contributed by atoms with Crippen molar-refractivity contribution >= 4 is 5.97 Å². The molecule has 4 heteroatoms. The summed E-state index contributed by atoms with van der Waals surface area (Å²) in [6, 6.07) is 2.16. The normalized spacial score (nSPS) is 16.6. The maximum Gasteiger partial charge on any atom is 0.300 e. The Balaban J connectivity index is 0.000000310. The predicted octanol–water partition coefficient (Wildman–Crippen LogP) is 1.09. The van der Waals surface area contributed by atoms with Crippen LogP contribution in [0.3, 0.4) is 0 Å². The number of likely N-dealkylation sites (tertiary alicyclic amines) is 1. The zero-order valence-electron chi connectivity index (χ0n) is 7.99. The van der Waals surface area contributed by atoms with Crippen molar-refractivity contribution in [3.05, 3.63) is 0 Å². The largest absolute Gasteiger partial charge is 0.481 e. The highest BCUT2D eigenvalue weighted by atomic mass is 16.4. The van der Waals surface area contributed by atoms with Crippen molar-refractivity contribution in [1.29, 1.82) is 5.26 Å². The Kier molecular flexibility index (Phi) is 6.93. The van der Waals surface area contributed by atoms with Crippen LogP contribution in [0.25, 0.3) is 0 Å². The molecule has 1 heterocycles. The molecule has 0 saturated carbocycles. The average Bonchev–Trinajstić information content (AvgIpc) is 2.06. The molecule has 1 fully saturated rings. The lowest BCUT2D eigenvalue weighted by Crippen LogP contribution is -2.29. The molecular weight excluding hydrogens is 168 g/mol. The van der Waals surface area contributed by atoms with Crippen LogP contribution in [0.2, 0.25) is 0 Å². The Morgan fingerprint density at radius 2 is 1.92 bits per heavy atom. The van der Waals surface area contributed by atoms with Crippen LogP contribution in [0.4, 0.5) is 0 Å². The van der Waals surface area contributed by atoms with Gasteiger partial charge in [0.05, 0.1) is 12.6 Å². The van der Waals surface area contributed by atoms with E-state index >= 15 is 0 Å². The van der Waals surface area contributed by atoms with Crippen molar-refractivity contribution in [1.82, 2.24) is 4.90 Å². The average molecular weight is 184 g/mol. The summed E-state index contributed by atoms with van der Waals surface area (Å²) in [6.07, 6.45) is 3.91. The van der Waals surface area contributed by atoms with Crippen LogP contribution < -0.4 is 0 Å². The van der Waals surface area contributed by atoms with Crippen molar-refractivity contribution in [2.75, 3.05) is 19.6 Å². The highest BCUT2D eigenvalue weighted by molar-refractivity contribution is 5.62. The lowest BCUT2D eigenvalue weighted by atomic mass is 10.1. The van der Waals surface area contributed by atoms with Gasteiger partial charge >= 0.3 is 0 Å². The standard InChI is InChI=1S/C7H12N2.C2H4O2/c8-4-7-9-5-2-1-3-6-9;1-2(3)4/h1-3,5-7H2;1H3,(H,3,4). The minimum atomic E-state index is -0.833. The quantitative estimate of drug-likeness (QED) is 0.619. The van der Waals surface area contributed by atoms with Crippen LogP contribution >= 0.6 is 0 Å². The molecule has 1 aliphatic heterocycles. The van der Waals surface area contributed by atoms with E-state index in [1.165, 1.54) is 19.3 Å². The van der Waals surface area contributed by atoms with Gasteiger partial charge in [0.2, 0.25) is 0 Å². The second kappa shape index (κ2) is 7.56. The Bertz CT molecular complexity index is 177. The van der Waals surface area contributed by atoms with Crippen molar-refractivity contribution in [2.24, 2.45) is 0 Å². The van der Waals surface area contributed by atoms with E-state index in [9.17, 15) is 0 Å². The Hall–Kier alpha value is -1.08. The number of aliphatic carboxylic acids is 1. The van der Waals surface area contributed by atoms with E-state index in [-0.39, 0.29) is 0 Å². The molecule has 1 N–H and O–H groups in total. The minimum Gasteiger partial charge on any atom is -0.481 e. The molecule has 0 atom stereocenters. The van der Waals surface area contributed by atoms with E-state index < -0.39 is 5.97 Å². The molecule has 0 aromatic rings. The fourth-order valence-corrected chi connectivity index (χ4v) is 1.22. The summed E-state index contributed by atoms with van der Waals surface area (Å²) in [7, 11) is 0. The highest BCUT2D eigenvalue weighted by Crippen LogP contribution is 2.06.